The molecule has 0 fully saturated rings. The summed E-state index contributed by atoms with van der Waals surface area (Å²) in [5, 5.41) is 0. The van der Waals surface area contributed by atoms with E-state index in [9.17, 15) is 4.79 Å². The van der Waals surface area contributed by atoms with E-state index < -0.39 is 5.60 Å². The topological polar surface area (TPSA) is 32.8 Å². The zero-order valence-electron chi connectivity index (χ0n) is 16.8. The molecule has 0 N–H and O–H groups in total. The molecule has 0 aliphatic carbocycles. The molecule has 0 spiro atoms. The van der Waals surface area contributed by atoms with Crippen LogP contribution >= 0.6 is 12.4 Å². The minimum atomic E-state index is -1.16. The zero-order chi connectivity index (χ0) is 19.3. The van der Waals surface area contributed by atoms with Gasteiger partial charge in [-0.05, 0) is 25.1 Å². The van der Waals surface area contributed by atoms with E-state index in [1.807, 2.05) is 72.5 Å². The van der Waals surface area contributed by atoms with Crippen molar-refractivity contribution in [3.05, 3.63) is 83.6 Å². The SMILES string of the molecule is CCN(C(=O)C(OC)(c1ccccc1)c1ccccc1)C1=CCN(C)CC1.Cl. The summed E-state index contributed by atoms with van der Waals surface area (Å²) < 4.78 is 6.04. The number of amides is 1. The number of rotatable bonds is 6. The van der Waals surface area contributed by atoms with Gasteiger partial charge in [0.15, 0.2) is 5.60 Å². The van der Waals surface area contributed by atoms with Crippen LogP contribution in [0.3, 0.4) is 0 Å². The van der Waals surface area contributed by atoms with Crippen LogP contribution in [0.15, 0.2) is 72.4 Å². The fourth-order valence-corrected chi connectivity index (χ4v) is 3.75. The smallest absolute Gasteiger partial charge is 0.268 e. The Bertz CT molecular complexity index is 753. The monoisotopic (exact) mass is 400 g/mol. The molecule has 0 bridgehead atoms. The first kappa shape index (κ1) is 22.2. The summed E-state index contributed by atoms with van der Waals surface area (Å²) in [4.78, 5) is 18.1. The first-order valence-corrected chi connectivity index (χ1v) is 9.49. The summed E-state index contributed by atoms with van der Waals surface area (Å²) in [5.41, 5.74) is 1.60. The Kier molecular flexibility index (Phi) is 7.81. The third-order valence-electron chi connectivity index (χ3n) is 5.26. The second kappa shape index (κ2) is 9.87. The molecule has 0 unspecified atom stereocenters. The van der Waals surface area contributed by atoms with Gasteiger partial charge >= 0.3 is 0 Å². The number of nitrogens with zero attached hydrogens (tertiary/aromatic N) is 2. The summed E-state index contributed by atoms with van der Waals surface area (Å²) in [5.74, 6) is -0.0410. The predicted octanol–water partition coefficient (Wildman–Crippen LogP) is 4.07. The Balaban J connectivity index is 0.00000280. The summed E-state index contributed by atoms with van der Waals surface area (Å²) in [6.07, 6.45) is 3.01. The van der Waals surface area contributed by atoms with Crippen molar-refractivity contribution in [1.29, 1.82) is 0 Å². The lowest BCUT2D eigenvalue weighted by Gasteiger charge is -2.39. The van der Waals surface area contributed by atoms with Crippen molar-refractivity contribution in [2.75, 3.05) is 33.8 Å². The molecule has 0 saturated carbocycles. The van der Waals surface area contributed by atoms with Gasteiger partial charge < -0.3 is 14.5 Å². The van der Waals surface area contributed by atoms with E-state index in [0.717, 1.165) is 36.3 Å². The van der Waals surface area contributed by atoms with Crippen LogP contribution in [0.5, 0.6) is 0 Å². The molecule has 0 aromatic heterocycles. The Morgan fingerprint density at radius 1 is 1.07 bits per heavy atom. The molecule has 1 amide bonds. The summed E-state index contributed by atoms with van der Waals surface area (Å²) in [7, 11) is 3.72. The number of hydrogen-bond acceptors (Lipinski definition) is 3. The summed E-state index contributed by atoms with van der Waals surface area (Å²) in [6.45, 7) is 4.44. The number of benzene rings is 2. The maximum absolute atomic E-state index is 14.0. The number of ether oxygens (including phenoxy) is 1. The van der Waals surface area contributed by atoms with Crippen molar-refractivity contribution < 1.29 is 9.53 Å². The van der Waals surface area contributed by atoms with Crippen LogP contribution in [-0.4, -0.2) is 49.5 Å². The van der Waals surface area contributed by atoms with Gasteiger partial charge in [0, 0.05) is 38.9 Å². The number of methoxy groups -OCH3 is 1. The highest BCUT2D eigenvalue weighted by atomic mass is 35.5. The van der Waals surface area contributed by atoms with Gasteiger partial charge in [0.2, 0.25) is 0 Å². The van der Waals surface area contributed by atoms with Crippen LogP contribution in [-0.2, 0) is 15.1 Å². The molecular weight excluding hydrogens is 372 g/mol. The molecule has 1 aliphatic heterocycles. The fourth-order valence-electron chi connectivity index (χ4n) is 3.75. The molecule has 2 aromatic rings. The first-order valence-electron chi connectivity index (χ1n) is 9.49. The van der Waals surface area contributed by atoms with E-state index in [2.05, 4.69) is 18.0 Å². The lowest BCUT2D eigenvalue weighted by atomic mass is 9.84. The second-order valence-electron chi connectivity index (χ2n) is 6.87. The van der Waals surface area contributed by atoms with Crippen LogP contribution in [0.1, 0.15) is 24.5 Å². The molecule has 5 heteroatoms. The average molecular weight is 401 g/mol. The molecule has 0 radical (unpaired) electrons. The van der Waals surface area contributed by atoms with Gasteiger partial charge in [0.05, 0.1) is 0 Å². The molecule has 0 atom stereocenters. The Morgan fingerprint density at radius 2 is 1.61 bits per heavy atom. The van der Waals surface area contributed by atoms with Crippen molar-refractivity contribution in [1.82, 2.24) is 9.80 Å². The van der Waals surface area contributed by atoms with Gasteiger partial charge in [-0.2, -0.15) is 0 Å². The van der Waals surface area contributed by atoms with Crippen LogP contribution < -0.4 is 0 Å². The molecule has 1 aliphatic rings. The summed E-state index contributed by atoms with van der Waals surface area (Å²) in [6, 6.07) is 19.6. The molecule has 2 aromatic carbocycles. The van der Waals surface area contributed by atoms with Crippen LogP contribution in [0.4, 0.5) is 0 Å². The number of halogens is 1. The highest BCUT2D eigenvalue weighted by Crippen LogP contribution is 2.36. The van der Waals surface area contributed by atoms with E-state index in [0.29, 0.717) is 6.54 Å². The van der Waals surface area contributed by atoms with E-state index in [1.165, 1.54) is 0 Å². The normalized spacial score (nSPS) is 14.8. The molecule has 3 rings (SSSR count). The minimum Gasteiger partial charge on any atom is -0.359 e. The van der Waals surface area contributed by atoms with Crippen molar-refractivity contribution in [3.63, 3.8) is 0 Å². The van der Waals surface area contributed by atoms with Gasteiger partial charge in [0.1, 0.15) is 0 Å². The molecule has 4 nitrogen and oxygen atoms in total. The van der Waals surface area contributed by atoms with Crippen molar-refractivity contribution in [3.8, 4) is 0 Å². The molecule has 28 heavy (non-hydrogen) atoms. The second-order valence-corrected chi connectivity index (χ2v) is 6.87. The number of likely N-dealkylation sites (N-methyl/N-ethyl adjacent to an activating group) is 2. The Morgan fingerprint density at radius 3 is 2.00 bits per heavy atom. The van der Waals surface area contributed by atoms with E-state index in [-0.39, 0.29) is 18.3 Å². The van der Waals surface area contributed by atoms with E-state index in [1.54, 1.807) is 7.11 Å². The standard InChI is InChI=1S/C23H28N2O2.ClH/c1-4-25(21-15-17-24(2)18-16-21)22(26)23(27-3,19-11-7-5-8-12-19)20-13-9-6-10-14-20;/h5-15H,4,16-18H2,1-3H3;1H. The fraction of sp³-hybridized carbons (Fsp3) is 0.348. The highest BCUT2D eigenvalue weighted by molar-refractivity contribution is 5.91. The Labute approximate surface area is 174 Å². The number of carbonyl (C=O) groups excluding carboxylic acids is 1. The predicted molar refractivity (Wildman–Crippen MR) is 116 cm³/mol. The van der Waals surface area contributed by atoms with Crippen molar-refractivity contribution >= 4 is 18.3 Å². The molecule has 150 valence electrons. The van der Waals surface area contributed by atoms with Crippen molar-refractivity contribution in [2.24, 2.45) is 0 Å². The highest BCUT2D eigenvalue weighted by Gasteiger charge is 2.45. The summed E-state index contributed by atoms with van der Waals surface area (Å²) >= 11 is 0. The van der Waals surface area contributed by atoms with Gasteiger partial charge in [-0.15, -0.1) is 12.4 Å². The van der Waals surface area contributed by atoms with Gasteiger partial charge in [-0.25, -0.2) is 0 Å². The number of hydrogen-bond donors (Lipinski definition) is 0. The first-order chi connectivity index (χ1) is 13.1. The average Bonchev–Trinajstić information content (AvgIpc) is 2.73. The maximum Gasteiger partial charge on any atom is 0.268 e. The third-order valence-corrected chi connectivity index (χ3v) is 5.26. The molecular formula is C23H29ClN2O2. The maximum atomic E-state index is 14.0. The van der Waals surface area contributed by atoms with Crippen LogP contribution in [0.25, 0.3) is 0 Å². The molecule has 0 saturated heterocycles. The largest absolute Gasteiger partial charge is 0.359 e. The van der Waals surface area contributed by atoms with Gasteiger partial charge in [-0.3, -0.25) is 4.79 Å². The number of carbonyl (C=O) groups is 1. The molecule has 1 heterocycles. The van der Waals surface area contributed by atoms with Crippen molar-refractivity contribution in [2.45, 2.75) is 18.9 Å². The van der Waals surface area contributed by atoms with E-state index >= 15 is 0 Å². The van der Waals surface area contributed by atoms with Gasteiger partial charge in [-0.1, -0.05) is 66.7 Å². The minimum absolute atomic E-state index is 0. The quantitative estimate of drug-likeness (QED) is 0.732. The zero-order valence-corrected chi connectivity index (χ0v) is 17.6. The third kappa shape index (κ3) is 4.14. The van der Waals surface area contributed by atoms with Gasteiger partial charge in [0.25, 0.3) is 5.91 Å². The van der Waals surface area contributed by atoms with Crippen LogP contribution in [0, 0.1) is 0 Å². The van der Waals surface area contributed by atoms with E-state index in [4.69, 9.17) is 4.74 Å². The lowest BCUT2D eigenvalue weighted by Crippen LogP contribution is -2.49. The Hall–Kier alpha value is -2.14. The van der Waals surface area contributed by atoms with Crippen LogP contribution in [0.2, 0.25) is 0 Å². The lowest BCUT2D eigenvalue weighted by molar-refractivity contribution is -0.149.